The summed E-state index contributed by atoms with van der Waals surface area (Å²) in [6.45, 7) is 11.8. The molecule has 0 amide bonds. The number of cyclic esters (lactones) is 1. The number of aliphatic hydroxyl groups excluding tert-OH is 1. The number of epoxide rings is 1. The predicted octanol–water partition coefficient (Wildman–Crippen LogP) is 3.18. The maximum absolute atomic E-state index is 14.2. The van der Waals surface area contributed by atoms with Gasteiger partial charge in [-0.15, -0.1) is 0 Å². The molecule has 1 aromatic heterocycles. The van der Waals surface area contributed by atoms with E-state index >= 15 is 0 Å². The lowest BCUT2D eigenvalue weighted by atomic mass is 9.36. The van der Waals surface area contributed by atoms with Crippen LogP contribution < -0.4 is 0 Å². The quantitative estimate of drug-likeness (QED) is 0.514. The molecule has 8 heteroatoms. The number of esters is 1. The molecular formula is C26H34O8. The molecule has 5 fully saturated rings. The minimum absolute atomic E-state index is 0.00915. The van der Waals surface area contributed by atoms with Crippen molar-refractivity contribution in [3.8, 4) is 0 Å². The highest BCUT2D eigenvalue weighted by atomic mass is 16.7. The number of fused-ring (bicyclic) bond motifs is 3. The Morgan fingerprint density at radius 1 is 1.09 bits per heavy atom. The Morgan fingerprint density at radius 3 is 2.41 bits per heavy atom. The number of Topliss-reactive ketones (excluding diaryl/α,β-unsaturated/α-hetero) is 1. The summed E-state index contributed by atoms with van der Waals surface area (Å²) in [4.78, 5) is 27.4. The Kier molecular flexibility index (Phi) is 4.10. The van der Waals surface area contributed by atoms with Gasteiger partial charge in [0.15, 0.2) is 11.9 Å². The lowest BCUT2D eigenvalue weighted by Gasteiger charge is -2.66. The maximum atomic E-state index is 14.2. The molecule has 5 aliphatic rings. The van der Waals surface area contributed by atoms with Crippen molar-refractivity contribution in [2.75, 3.05) is 7.11 Å². The third kappa shape index (κ3) is 2.09. The molecule has 1 N–H and O–H groups in total. The van der Waals surface area contributed by atoms with Crippen molar-refractivity contribution in [3.63, 3.8) is 0 Å². The number of hydrogen-bond donors (Lipinski definition) is 1. The van der Waals surface area contributed by atoms with Crippen molar-refractivity contribution in [3.05, 3.63) is 24.2 Å². The molecule has 34 heavy (non-hydrogen) atoms. The molecule has 0 bridgehead atoms. The predicted molar refractivity (Wildman–Crippen MR) is 117 cm³/mol. The first-order valence-corrected chi connectivity index (χ1v) is 12.1. The number of methoxy groups -OCH3 is 1. The van der Waals surface area contributed by atoms with Gasteiger partial charge in [-0.2, -0.15) is 0 Å². The third-order valence-electron chi connectivity index (χ3n) is 10.8. The molecule has 0 aromatic carbocycles. The zero-order valence-electron chi connectivity index (χ0n) is 20.8. The molecule has 186 valence electrons. The number of carbonyl (C=O) groups is 2. The summed E-state index contributed by atoms with van der Waals surface area (Å²) in [5, 5.41) is 11.9. The molecular weight excluding hydrogens is 440 g/mol. The summed E-state index contributed by atoms with van der Waals surface area (Å²) >= 11 is 0. The van der Waals surface area contributed by atoms with Gasteiger partial charge in [-0.1, -0.05) is 13.8 Å². The molecule has 6 rings (SSSR count). The van der Waals surface area contributed by atoms with E-state index in [9.17, 15) is 14.7 Å². The summed E-state index contributed by atoms with van der Waals surface area (Å²) < 4.78 is 30.0. The summed E-state index contributed by atoms with van der Waals surface area (Å²) in [5.74, 6) is -2.25. The smallest absolute Gasteiger partial charge is 0.339 e. The van der Waals surface area contributed by atoms with Gasteiger partial charge < -0.3 is 28.5 Å². The fourth-order valence-electron chi connectivity index (χ4n) is 9.30. The highest BCUT2D eigenvalue weighted by Crippen LogP contribution is 2.80. The van der Waals surface area contributed by atoms with Gasteiger partial charge in [-0.05, 0) is 40.2 Å². The normalized spacial score (nSPS) is 55.0. The van der Waals surface area contributed by atoms with Gasteiger partial charge in [0, 0.05) is 41.8 Å². The zero-order chi connectivity index (χ0) is 24.7. The monoisotopic (exact) mass is 474 g/mol. The minimum atomic E-state index is -1.15. The van der Waals surface area contributed by atoms with Crippen molar-refractivity contribution >= 4 is 11.8 Å². The zero-order valence-corrected chi connectivity index (χ0v) is 20.8. The van der Waals surface area contributed by atoms with Crippen molar-refractivity contribution < 1.29 is 38.1 Å². The van der Waals surface area contributed by atoms with Crippen LogP contribution in [0.25, 0.3) is 0 Å². The van der Waals surface area contributed by atoms with Crippen LogP contribution in [0.3, 0.4) is 0 Å². The molecule has 10 atom stereocenters. The number of carbonyl (C=O) groups excluding carboxylic acids is 2. The Labute approximate surface area is 199 Å². The van der Waals surface area contributed by atoms with Crippen LogP contribution in [-0.4, -0.2) is 53.2 Å². The van der Waals surface area contributed by atoms with E-state index in [4.69, 9.17) is 23.4 Å². The lowest BCUT2D eigenvalue weighted by Crippen LogP contribution is -2.75. The van der Waals surface area contributed by atoms with Crippen LogP contribution in [0.4, 0.5) is 0 Å². The third-order valence-corrected chi connectivity index (χ3v) is 10.8. The fourth-order valence-corrected chi connectivity index (χ4v) is 9.30. The lowest BCUT2D eigenvalue weighted by molar-refractivity contribution is -0.299. The van der Waals surface area contributed by atoms with Gasteiger partial charge in [-0.3, -0.25) is 4.79 Å². The first-order valence-electron chi connectivity index (χ1n) is 12.1. The molecule has 8 nitrogen and oxygen atoms in total. The summed E-state index contributed by atoms with van der Waals surface area (Å²) in [7, 11) is 1.61. The van der Waals surface area contributed by atoms with Crippen LogP contribution in [0.2, 0.25) is 0 Å². The largest absolute Gasteiger partial charge is 0.472 e. The molecule has 3 aliphatic heterocycles. The van der Waals surface area contributed by atoms with E-state index in [2.05, 4.69) is 6.92 Å². The Hall–Kier alpha value is -1.74. The van der Waals surface area contributed by atoms with Crippen LogP contribution in [0, 0.1) is 28.1 Å². The van der Waals surface area contributed by atoms with Crippen molar-refractivity contribution in [1.29, 1.82) is 0 Å². The number of aliphatic hydroxyl groups is 1. The molecule has 1 spiro atoms. The maximum Gasteiger partial charge on any atom is 0.339 e. The molecule has 4 heterocycles. The fraction of sp³-hybridized carbons (Fsp3) is 0.769. The summed E-state index contributed by atoms with van der Waals surface area (Å²) in [5.41, 5.74) is -3.75. The van der Waals surface area contributed by atoms with E-state index in [1.54, 1.807) is 19.4 Å². The van der Waals surface area contributed by atoms with Crippen LogP contribution in [0.15, 0.2) is 23.0 Å². The Morgan fingerprint density at radius 2 is 1.79 bits per heavy atom. The number of hydrogen-bond acceptors (Lipinski definition) is 8. The number of rotatable bonds is 2. The molecule has 0 radical (unpaired) electrons. The van der Waals surface area contributed by atoms with Gasteiger partial charge in [0.2, 0.25) is 0 Å². The van der Waals surface area contributed by atoms with Crippen LogP contribution in [0.1, 0.15) is 66.1 Å². The molecule has 0 unspecified atom stereocenters. The van der Waals surface area contributed by atoms with Gasteiger partial charge >= 0.3 is 5.97 Å². The highest BCUT2D eigenvalue weighted by Gasteiger charge is 2.91. The Balaban J connectivity index is 1.58. The summed E-state index contributed by atoms with van der Waals surface area (Å²) in [6.07, 6.45) is 1.20. The second kappa shape index (κ2) is 6.14. The van der Waals surface area contributed by atoms with Gasteiger partial charge in [-0.25, -0.2) is 4.79 Å². The minimum Gasteiger partial charge on any atom is -0.472 e. The van der Waals surface area contributed by atoms with Crippen LogP contribution in [0.5, 0.6) is 0 Å². The second-order valence-electron chi connectivity index (χ2n) is 12.3. The topological polar surface area (TPSA) is 108 Å². The van der Waals surface area contributed by atoms with Gasteiger partial charge in [0.1, 0.15) is 17.5 Å². The van der Waals surface area contributed by atoms with E-state index in [-0.39, 0.29) is 18.1 Å². The highest BCUT2D eigenvalue weighted by molar-refractivity contribution is 5.93. The Bertz CT molecular complexity index is 1080. The average Bonchev–Trinajstić information content (AvgIpc) is 3.28. The second-order valence-corrected chi connectivity index (χ2v) is 12.3. The molecule has 2 aliphatic carbocycles. The molecule has 1 aromatic rings. The average molecular weight is 475 g/mol. The van der Waals surface area contributed by atoms with Crippen molar-refractivity contribution in [1.82, 2.24) is 0 Å². The van der Waals surface area contributed by atoms with Gasteiger partial charge in [0.05, 0.1) is 29.6 Å². The van der Waals surface area contributed by atoms with E-state index in [1.165, 1.54) is 6.26 Å². The van der Waals surface area contributed by atoms with E-state index in [0.29, 0.717) is 12.0 Å². The number of ether oxygens (including phenoxy) is 4. The molecule has 2 saturated carbocycles. The first kappa shape index (κ1) is 22.7. The van der Waals surface area contributed by atoms with Crippen molar-refractivity contribution in [2.45, 2.75) is 89.7 Å². The van der Waals surface area contributed by atoms with Crippen LogP contribution in [-0.2, 0) is 28.5 Å². The standard InChI is InChI=1S/C26H34O8/c1-21(2)15-10-16(28)24(5)17(23(15,4)25(6,30-7)34-21)14(27)11-22(3)18(13-8-9-31-12-13)32-20(29)19-26(22,24)33-19/h8-9,12,14-15,17-19,27H,10-11H2,1-7H3/t14-,15-,17-,18+,19+,22+,23-,24+,25-,26+/m0/s1. The van der Waals surface area contributed by atoms with E-state index < -0.39 is 63.4 Å². The van der Waals surface area contributed by atoms with E-state index in [0.717, 1.165) is 0 Å². The number of furan rings is 1. The number of ketones is 1. The first-order chi connectivity index (χ1) is 15.7. The van der Waals surface area contributed by atoms with Gasteiger partial charge in [0.25, 0.3) is 0 Å². The summed E-state index contributed by atoms with van der Waals surface area (Å²) in [6, 6.07) is 1.76. The van der Waals surface area contributed by atoms with E-state index in [1.807, 2.05) is 34.6 Å². The van der Waals surface area contributed by atoms with Crippen molar-refractivity contribution in [2.24, 2.45) is 28.1 Å². The molecule has 3 saturated heterocycles. The van der Waals surface area contributed by atoms with Crippen LogP contribution >= 0.6 is 0 Å². The SMILES string of the molecule is CO[C@@]1(C)OC(C)(C)[C@@H]2CC(=O)[C@]3(C)[C@@H]([C@@H](O)C[C@]4(C)[C@@H](c5ccoc5)OC(=O)[C@H]5O[C@]543)[C@]21C.